The van der Waals surface area contributed by atoms with E-state index < -0.39 is 0 Å². The Bertz CT molecular complexity index is 2180. The lowest BCUT2D eigenvalue weighted by Gasteiger charge is -2.10. The molecular weight excluding hydrogens is 502 g/mol. The van der Waals surface area contributed by atoms with Gasteiger partial charge in [0.25, 0.3) is 0 Å². The monoisotopic (exact) mass is 525 g/mol. The van der Waals surface area contributed by atoms with Crippen molar-refractivity contribution in [3.63, 3.8) is 0 Å². The summed E-state index contributed by atoms with van der Waals surface area (Å²) >= 11 is 0. The van der Waals surface area contributed by atoms with Gasteiger partial charge in [-0.1, -0.05) is 121 Å². The molecule has 0 N–H and O–H groups in total. The lowest BCUT2D eigenvalue weighted by molar-refractivity contribution is 0.669. The van der Waals surface area contributed by atoms with Gasteiger partial charge in [0, 0.05) is 27.5 Å². The van der Waals surface area contributed by atoms with Gasteiger partial charge in [0.15, 0.2) is 17.5 Å². The first kappa shape index (κ1) is 23.3. The molecule has 8 rings (SSSR count). The van der Waals surface area contributed by atoms with Crippen LogP contribution in [0.4, 0.5) is 0 Å². The standard InChI is InChI=1S/C37H23N3O/c1-3-10-24(11-4-1)25-18-20-27(21-19-25)36-38-35(26-12-5-2-6-13-26)39-37(40-36)30-16-9-17-32-34(30)31-22-28-14-7-8-15-29(28)23-33(31)41-32/h1-23H. The minimum Gasteiger partial charge on any atom is -0.456 e. The third kappa shape index (κ3) is 4.14. The molecule has 0 spiro atoms. The maximum Gasteiger partial charge on any atom is 0.164 e. The number of aromatic nitrogens is 3. The number of furan rings is 1. The SMILES string of the molecule is c1ccc(-c2ccc(-c3nc(-c4ccccc4)nc(-c4cccc5oc6cc7ccccc7cc6c45)n3)cc2)cc1. The summed E-state index contributed by atoms with van der Waals surface area (Å²) in [7, 11) is 0. The van der Waals surface area contributed by atoms with Crippen LogP contribution in [0.25, 0.3) is 78.0 Å². The highest BCUT2D eigenvalue weighted by Crippen LogP contribution is 2.38. The Hall–Kier alpha value is -5.61. The molecular formula is C37H23N3O. The Morgan fingerprint density at radius 3 is 1.63 bits per heavy atom. The zero-order chi connectivity index (χ0) is 27.2. The highest BCUT2D eigenvalue weighted by Gasteiger charge is 2.18. The van der Waals surface area contributed by atoms with Crippen molar-refractivity contribution in [1.29, 1.82) is 0 Å². The first-order valence-electron chi connectivity index (χ1n) is 13.6. The van der Waals surface area contributed by atoms with E-state index in [-0.39, 0.29) is 0 Å². The maximum atomic E-state index is 6.34. The van der Waals surface area contributed by atoms with Crippen molar-refractivity contribution in [3.8, 4) is 45.3 Å². The lowest BCUT2D eigenvalue weighted by Crippen LogP contribution is -2.00. The topological polar surface area (TPSA) is 51.8 Å². The largest absolute Gasteiger partial charge is 0.456 e. The van der Waals surface area contributed by atoms with Gasteiger partial charge in [-0.25, -0.2) is 15.0 Å². The van der Waals surface area contributed by atoms with Crippen LogP contribution in [0.5, 0.6) is 0 Å². The molecule has 0 saturated carbocycles. The molecule has 4 nitrogen and oxygen atoms in total. The number of nitrogens with zero attached hydrogens (tertiary/aromatic N) is 3. The molecule has 0 saturated heterocycles. The van der Waals surface area contributed by atoms with Gasteiger partial charge in [-0.15, -0.1) is 0 Å². The molecule has 0 atom stereocenters. The Morgan fingerprint density at radius 2 is 0.927 bits per heavy atom. The molecule has 0 aliphatic carbocycles. The van der Waals surface area contributed by atoms with Gasteiger partial charge in [-0.2, -0.15) is 0 Å². The van der Waals surface area contributed by atoms with Crippen LogP contribution in [-0.2, 0) is 0 Å². The summed E-state index contributed by atoms with van der Waals surface area (Å²) in [5.41, 5.74) is 6.76. The van der Waals surface area contributed by atoms with Crippen LogP contribution >= 0.6 is 0 Å². The molecule has 8 aromatic rings. The van der Waals surface area contributed by atoms with Crippen molar-refractivity contribution in [2.24, 2.45) is 0 Å². The van der Waals surface area contributed by atoms with Gasteiger partial charge in [0.2, 0.25) is 0 Å². The number of hydrogen-bond acceptors (Lipinski definition) is 4. The van der Waals surface area contributed by atoms with Crippen molar-refractivity contribution in [1.82, 2.24) is 15.0 Å². The molecule has 0 aliphatic rings. The van der Waals surface area contributed by atoms with E-state index >= 15 is 0 Å². The third-order valence-corrected chi connectivity index (χ3v) is 7.52. The molecule has 6 aromatic carbocycles. The van der Waals surface area contributed by atoms with Crippen molar-refractivity contribution in [2.45, 2.75) is 0 Å². The molecule has 0 fully saturated rings. The average Bonchev–Trinajstić information content (AvgIpc) is 3.42. The van der Waals surface area contributed by atoms with Gasteiger partial charge < -0.3 is 4.42 Å². The number of rotatable bonds is 4. The fourth-order valence-corrected chi connectivity index (χ4v) is 5.48. The quantitative estimate of drug-likeness (QED) is 0.230. The Morgan fingerprint density at radius 1 is 0.390 bits per heavy atom. The van der Waals surface area contributed by atoms with Crippen LogP contribution < -0.4 is 0 Å². The molecule has 4 heteroatoms. The summed E-state index contributed by atoms with van der Waals surface area (Å²) in [6, 6.07) is 47.5. The molecule has 0 bridgehead atoms. The van der Waals surface area contributed by atoms with E-state index in [1.165, 1.54) is 5.56 Å². The van der Waals surface area contributed by atoms with E-state index in [1.807, 2.05) is 54.6 Å². The fourth-order valence-electron chi connectivity index (χ4n) is 5.48. The zero-order valence-electron chi connectivity index (χ0n) is 22.0. The van der Waals surface area contributed by atoms with Crippen molar-refractivity contribution in [2.75, 3.05) is 0 Å². The van der Waals surface area contributed by atoms with Crippen molar-refractivity contribution < 1.29 is 4.42 Å². The summed E-state index contributed by atoms with van der Waals surface area (Å²) in [4.78, 5) is 15.0. The van der Waals surface area contributed by atoms with Gasteiger partial charge in [-0.3, -0.25) is 0 Å². The Kier molecular flexibility index (Phi) is 5.42. The Balaban J connectivity index is 1.34. The summed E-state index contributed by atoms with van der Waals surface area (Å²) in [6.07, 6.45) is 0. The van der Waals surface area contributed by atoms with Crippen LogP contribution in [0.1, 0.15) is 0 Å². The Labute approximate surface area is 236 Å². The van der Waals surface area contributed by atoms with Gasteiger partial charge in [0.05, 0.1) is 0 Å². The van der Waals surface area contributed by atoms with E-state index in [1.54, 1.807) is 0 Å². The van der Waals surface area contributed by atoms with Crippen LogP contribution in [0.15, 0.2) is 144 Å². The molecule has 2 aromatic heterocycles. The minimum atomic E-state index is 0.613. The smallest absolute Gasteiger partial charge is 0.164 e. The second-order valence-corrected chi connectivity index (χ2v) is 10.1. The van der Waals surface area contributed by atoms with Crippen LogP contribution in [0.2, 0.25) is 0 Å². The summed E-state index contributed by atoms with van der Waals surface area (Å²) in [5, 5.41) is 4.36. The second kappa shape index (κ2) is 9.54. The van der Waals surface area contributed by atoms with E-state index in [0.717, 1.165) is 55.0 Å². The highest BCUT2D eigenvalue weighted by molar-refractivity contribution is 6.15. The molecule has 0 aliphatic heterocycles. The zero-order valence-corrected chi connectivity index (χ0v) is 22.0. The highest BCUT2D eigenvalue weighted by atomic mass is 16.3. The number of hydrogen-bond donors (Lipinski definition) is 0. The summed E-state index contributed by atoms with van der Waals surface area (Å²) in [6.45, 7) is 0. The molecule has 0 radical (unpaired) electrons. The molecule has 41 heavy (non-hydrogen) atoms. The first-order valence-corrected chi connectivity index (χ1v) is 13.6. The van der Waals surface area contributed by atoms with E-state index in [0.29, 0.717) is 17.5 Å². The van der Waals surface area contributed by atoms with Crippen LogP contribution in [-0.4, -0.2) is 15.0 Å². The minimum absolute atomic E-state index is 0.613. The van der Waals surface area contributed by atoms with E-state index in [2.05, 4.69) is 84.9 Å². The maximum absolute atomic E-state index is 6.34. The average molecular weight is 526 g/mol. The number of benzene rings is 6. The number of fused-ring (bicyclic) bond motifs is 4. The lowest BCUT2D eigenvalue weighted by atomic mass is 10.0. The molecule has 0 amide bonds. The second-order valence-electron chi connectivity index (χ2n) is 10.1. The molecule has 0 unspecified atom stereocenters. The van der Waals surface area contributed by atoms with Gasteiger partial charge >= 0.3 is 0 Å². The van der Waals surface area contributed by atoms with E-state index in [4.69, 9.17) is 19.4 Å². The first-order chi connectivity index (χ1) is 20.3. The third-order valence-electron chi connectivity index (χ3n) is 7.52. The predicted molar refractivity (Wildman–Crippen MR) is 166 cm³/mol. The van der Waals surface area contributed by atoms with Gasteiger partial charge in [0.1, 0.15) is 11.2 Å². The van der Waals surface area contributed by atoms with Crippen LogP contribution in [0, 0.1) is 0 Å². The van der Waals surface area contributed by atoms with Crippen molar-refractivity contribution in [3.05, 3.63) is 140 Å². The molecule has 2 heterocycles. The summed E-state index contributed by atoms with van der Waals surface area (Å²) in [5.74, 6) is 1.87. The van der Waals surface area contributed by atoms with E-state index in [9.17, 15) is 0 Å². The van der Waals surface area contributed by atoms with Crippen LogP contribution in [0.3, 0.4) is 0 Å². The molecule has 192 valence electrons. The normalized spacial score (nSPS) is 11.4. The van der Waals surface area contributed by atoms with Gasteiger partial charge in [-0.05, 0) is 40.1 Å². The summed E-state index contributed by atoms with van der Waals surface area (Å²) < 4.78 is 6.34. The van der Waals surface area contributed by atoms with Crippen molar-refractivity contribution >= 4 is 32.7 Å². The predicted octanol–water partition coefficient (Wildman–Crippen LogP) is 9.59. The fraction of sp³-hybridized carbons (Fsp3) is 0.